The normalized spacial score (nSPS) is 21.6. The number of Topliss-reactive ketones (excluding diaryl/α,β-unsaturated/α-hetero) is 1. The molecule has 1 unspecified atom stereocenters. The van der Waals surface area contributed by atoms with Crippen LogP contribution in [-0.4, -0.2) is 5.78 Å². The fourth-order valence-corrected chi connectivity index (χ4v) is 2.58. The first-order valence-electron chi connectivity index (χ1n) is 4.67. The average molecular weight is 257 g/mol. The predicted octanol–water partition coefficient (Wildman–Crippen LogP) is 3.42. The molecule has 14 heavy (non-hydrogen) atoms. The zero-order valence-corrected chi connectivity index (χ0v) is 9.18. The highest BCUT2D eigenvalue weighted by atomic mass is 79.9. The van der Waals surface area contributed by atoms with Crippen LogP contribution in [0, 0.1) is 5.82 Å². The Bertz CT molecular complexity index is 355. The number of hydrogen-bond donors (Lipinski definition) is 0. The molecule has 1 aliphatic carbocycles. The summed E-state index contributed by atoms with van der Waals surface area (Å²) in [5.41, 5.74) is 0.537. The van der Waals surface area contributed by atoms with E-state index in [1.807, 2.05) is 0 Å². The molecule has 0 heterocycles. The first kappa shape index (κ1) is 9.84. The van der Waals surface area contributed by atoms with Gasteiger partial charge < -0.3 is 0 Å². The number of carbonyl (C=O) groups excluding carboxylic acids is 1. The molecule has 0 bridgehead atoms. The maximum atomic E-state index is 13.5. The summed E-state index contributed by atoms with van der Waals surface area (Å²) in [7, 11) is 0. The number of carbonyl (C=O) groups is 1. The molecule has 1 atom stereocenters. The molecule has 0 radical (unpaired) electrons. The summed E-state index contributed by atoms with van der Waals surface area (Å²) in [6.45, 7) is 0. The summed E-state index contributed by atoms with van der Waals surface area (Å²) >= 11 is 3.29. The minimum atomic E-state index is -0.278. The predicted molar refractivity (Wildman–Crippen MR) is 55.7 cm³/mol. The van der Waals surface area contributed by atoms with E-state index < -0.39 is 0 Å². The van der Waals surface area contributed by atoms with E-state index in [-0.39, 0.29) is 17.5 Å². The quantitative estimate of drug-likeness (QED) is 0.753. The van der Waals surface area contributed by atoms with Gasteiger partial charge in [0.05, 0.1) is 0 Å². The van der Waals surface area contributed by atoms with Gasteiger partial charge in [-0.3, -0.25) is 4.79 Å². The Morgan fingerprint density at radius 2 is 2.21 bits per heavy atom. The molecule has 1 fully saturated rings. The highest BCUT2D eigenvalue weighted by Crippen LogP contribution is 2.36. The third-order valence-corrected chi connectivity index (χ3v) is 3.34. The minimum Gasteiger partial charge on any atom is -0.299 e. The monoisotopic (exact) mass is 256 g/mol. The van der Waals surface area contributed by atoms with Gasteiger partial charge >= 0.3 is 0 Å². The molecule has 0 aromatic heterocycles. The molecule has 2 rings (SSSR count). The summed E-state index contributed by atoms with van der Waals surface area (Å²) in [6, 6.07) is 4.83. The fraction of sp³-hybridized carbons (Fsp3) is 0.364. The molecule has 0 saturated heterocycles. The first-order valence-corrected chi connectivity index (χ1v) is 5.46. The fourth-order valence-electron chi connectivity index (χ4n) is 1.96. The Labute approximate surface area is 90.4 Å². The van der Waals surface area contributed by atoms with Crippen molar-refractivity contribution in [3.05, 3.63) is 34.1 Å². The largest absolute Gasteiger partial charge is 0.299 e. The highest BCUT2D eigenvalue weighted by molar-refractivity contribution is 9.10. The van der Waals surface area contributed by atoms with Crippen LogP contribution in [0.3, 0.4) is 0 Å². The van der Waals surface area contributed by atoms with Crippen molar-refractivity contribution < 1.29 is 9.18 Å². The Balaban J connectivity index is 2.44. The minimum absolute atomic E-state index is 0.163. The van der Waals surface area contributed by atoms with Crippen LogP contribution in [0.25, 0.3) is 0 Å². The van der Waals surface area contributed by atoms with E-state index >= 15 is 0 Å². The Hall–Kier alpha value is -0.700. The lowest BCUT2D eigenvalue weighted by Crippen LogP contribution is -2.07. The number of rotatable bonds is 1. The van der Waals surface area contributed by atoms with E-state index in [1.54, 1.807) is 12.1 Å². The highest BCUT2D eigenvalue weighted by Gasteiger charge is 2.29. The zero-order valence-electron chi connectivity index (χ0n) is 7.59. The van der Waals surface area contributed by atoms with Crippen molar-refractivity contribution in [2.75, 3.05) is 0 Å². The third-order valence-electron chi connectivity index (χ3n) is 2.65. The Morgan fingerprint density at radius 1 is 1.43 bits per heavy atom. The third kappa shape index (κ3) is 1.61. The summed E-state index contributed by atoms with van der Waals surface area (Å²) in [5.74, 6) is -0.346. The van der Waals surface area contributed by atoms with E-state index in [0.717, 1.165) is 12.8 Å². The van der Waals surface area contributed by atoms with Gasteiger partial charge in [0.15, 0.2) is 0 Å². The van der Waals surface area contributed by atoms with Crippen molar-refractivity contribution in [3.63, 3.8) is 0 Å². The van der Waals surface area contributed by atoms with Crippen LogP contribution in [0.2, 0.25) is 0 Å². The van der Waals surface area contributed by atoms with Crippen LogP contribution in [-0.2, 0) is 4.79 Å². The van der Waals surface area contributed by atoms with E-state index in [2.05, 4.69) is 15.9 Å². The first-order chi connectivity index (χ1) is 6.70. The van der Waals surface area contributed by atoms with E-state index in [9.17, 15) is 9.18 Å². The van der Waals surface area contributed by atoms with Gasteiger partial charge in [-0.15, -0.1) is 0 Å². The Kier molecular flexibility index (Phi) is 2.68. The lowest BCUT2D eigenvalue weighted by atomic mass is 9.96. The Morgan fingerprint density at radius 3 is 2.79 bits per heavy atom. The van der Waals surface area contributed by atoms with Gasteiger partial charge in [-0.25, -0.2) is 4.39 Å². The van der Waals surface area contributed by atoms with Crippen molar-refractivity contribution in [2.45, 2.75) is 25.2 Å². The lowest BCUT2D eigenvalue weighted by molar-refractivity contribution is -0.118. The van der Waals surface area contributed by atoms with Gasteiger partial charge in [-0.2, -0.15) is 0 Å². The van der Waals surface area contributed by atoms with Gasteiger partial charge in [-0.1, -0.05) is 22.0 Å². The van der Waals surface area contributed by atoms with Crippen LogP contribution in [0.15, 0.2) is 22.7 Å². The van der Waals surface area contributed by atoms with Crippen LogP contribution in [0.5, 0.6) is 0 Å². The summed E-state index contributed by atoms with van der Waals surface area (Å²) in [6.07, 6.45) is 2.24. The second-order valence-electron chi connectivity index (χ2n) is 3.55. The van der Waals surface area contributed by atoms with Crippen molar-refractivity contribution in [1.29, 1.82) is 0 Å². The molecule has 1 aromatic carbocycles. The maximum Gasteiger partial charge on any atom is 0.140 e. The van der Waals surface area contributed by atoms with Gasteiger partial charge in [0.1, 0.15) is 11.6 Å². The maximum absolute atomic E-state index is 13.5. The number of halogens is 2. The SMILES string of the molecule is O=C1CCCC1c1c(F)cccc1Br. The molecule has 3 heteroatoms. The molecular weight excluding hydrogens is 247 g/mol. The van der Waals surface area contributed by atoms with Crippen molar-refractivity contribution in [1.82, 2.24) is 0 Å². The summed E-state index contributed by atoms with van der Waals surface area (Å²) in [4.78, 5) is 11.5. The van der Waals surface area contributed by atoms with E-state index in [1.165, 1.54) is 6.07 Å². The molecule has 1 aromatic rings. The number of ketones is 1. The number of benzene rings is 1. The topological polar surface area (TPSA) is 17.1 Å². The van der Waals surface area contributed by atoms with Crippen molar-refractivity contribution in [3.8, 4) is 0 Å². The molecule has 0 amide bonds. The van der Waals surface area contributed by atoms with E-state index in [4.69, 9.17) is 0 Å². The lowest BCUT2D eigenvalue weighted by Gasteiger charge is -2.11. The van der Waals surface area contributed by atoms with Crippen LogP contribution in [0.4, 0.5) is 4.39 Å². The second-order valence-corrected chi connectivity index (χ2v) is 4.40. The van der Waals surface area contributed by atoms with E-state index in [0.29, 0.717) is 16.5 Å². The number of hydrogen-bond acceptors (Lipinski definition) is 1. The van der Waals surface area contributed by atoms with Crippen molar-refractivity contribution >= 4 is 21.7 Å². The molecule has 0 N–H and O–H groups in total. The molecule has 1 aliphatic rings. The summed E-state index contributed by atoms with van der Waals surface area (Å²) in [5, 5.41) is 0. The van der Waals surface area contributed by atoms with Gasteiger partial charge in [0.25, 0.3) is 0 Å². The standard InChI is InChI=1S/C11H10BrFO/c12-8-4-2-5-9(13)11(8)7-3-1-6-10(7)14/h2,4-5,7H,1,3,6H2. The van der Waals surface area contributed by atoms with Crippen LogP contribution >= 0.6 is 15.9 Å². The van der Waals surface area contributed by atoms with Crippen molar-refractivity contribution in [2.24, 2.45) is 0 Å². The molecular formula is C11H10BrFO. The second kappa shape index (κ2) is 3.81. The molecule has 1 nitrogen and oxygen atoms in total. The smallest absolute Gasteiger partial charge is 0.140 e. The van der Waals surface area contributed by atoms with Gasteiger partial charge in [0, 0.05) is 22.4 Å². The van der Waals surface area contributed by atoms with Gasteiger partial charge in [0.2, 0.25) is 0 Å². The van der Waals surface area contributed by atoms with Crippen LogP contribution < -0.4 is 0 Å². The molecule has 0 aliphatic heterocycles. The molecule has 74 valence electrons. The average Bonchev–Trinajstić information content (AvgIpc) is 2.52. The molecule has 1 saturated carbocycles. The van der Waals surface area contributed by atoms with Crippen LogP contribution in [0.1, 0.15) is 30.7 Å². The van der Waals surface area contributed by atoms with Gasteiger partial charge in [-0.05, 0) is 25.0 Å². The molecule has 0 spiro atoms. The summed E-state index contributed by atoms with van der Waals surface area (Å²) < 4.78 is 14.2. The zero-order chi connectivity index (χ0) is 10.1.